The van der Waals surface area contributed by atoms with Crippen molar-refractivity contribution in [2.75, 3.05) is 0 Å². The van der Waals surface area contributed by atoms with Crippen molar-refractivity contribution in [1.29, 1.82) is 0 Å². The van der Waals surface area contributed by atoms with Gasteiger partial charge in [-0.3, -0.25) is 0 Å². The van der Waals surface area contributed by atoms with Gasteiger partial charge < -0.3 is 18.3 Å². The molecule has 0 aliphatic rings. The molecule has 12 bridgehead atoms. The third-order valence-corrected chi connectivity index (χ3v) is 18.8. The molecular weight excluding hydrogens is 1000 g/mol. The number of hydrogen-bond acceptors (Lipinski definition) is 4. The smallest absolute Gasteiger partial charge is 0.101 e. The van der Waals surface area contributed by atoms with Crippen LogP contribution in [0, 0.1) is 0 Å². The summed E-state index contributed by atoms with van der Waals surface area (Å²) < 4.78 is 14.7. The predicted octanol–water partition coefficient (Wildman–Crippen LogP) is 20.6. The Morgan fingerprint density at radius 3 is 0.618 bits per heavy atom. The first kappa shape index (κ1) is 44.7. The summed E-state index contributed by atoms with van der Waals surface area (Å²) in [5.41, 5.74) is 8.70. The second kappa shape index (κ2) is 18.6. The molecule has 21 aromatic rings. The van der Waals surface area contributed by atoms with Gasteiger partial charge in [0.05, 0.1) is 0 Å². The Morgan fingerprint density at radius 1 is 0.171 bits per heavy atom. The number of rotatable bonds is 4. The minimum atomic E-state index is 1.08. The van der Waals surface area contributed by atoms with E-state index >= 15 is 0 Å². The van der Waals surface area contributed by atoms with E-state index in [4.69, 9.17) is 0 Å². The highest BCUT2D eigenvalue weighted by atomic mass is 32.1. The average Bonchev–Trinajstić information content (AvgIpc) is 4.30. The Kier molecular flexibility index (Phi) is 10.9. The van der Waals surface area contributed by atoms with Gasteiger partial charge in [0.15, 0.2) is 0 Å². The normalized spacial score (nSPS) is 11.7. The molecule has 0 saturated heterocycles. The van der Waals surface area contributed by atoms with Crippen LogP contribution in [0.4, 0.5) is 0 Å². The Hall–Kier alpha value is -8.76. The van der Waals surface area contributed by atoms with Crippen molar-refractivity contribution in [3.05, 3.63) is 267 Å². The third kappa shape index (κ3) is 8.02. The second-order valence-electron chi connectivity index (χ2n) is 19.1. The lowest BCUT2D eigenvalue weighted by atomic mass is 10.1. The fourth-order valence-electron chi connectivity index (χ4n) is 10.7. The molecule has 0 spiro atoms. The number of nitrogens with zero attached hydrogens (tertiary/aromatic N) is 4. The topological polar surface area (TPSA) is 19.7 Å². The van der Waals surface area contributed by atoms with Crippen molar-refractivity contribution >= 4 is 151 Å². The van der Waals surface area contributed by atoms with Crippen molar-refractivity contribution in [1.82, 2.24) is 18.3 Å². The predicted molar refractivity (Wildman–Crippen MR) is 332 cm³/mol. The Labute approximate surface area is 453 Å². The maximum Gasteiger partial charge on any atom is 0.101 e. The van der Waals surface area contributed by atoms with Gasteiger partial charge in [0.2, 0.25) is 0 Å². The minimum Gasteiger partial charge on any atom is -0.302 e. The summed E-state index contributed by atoms with van der Waals surface area (Å²) in [6.07, 6.45) is 0. The first-order valence-corrected chi connectivity index (χ1v) is 28.6. The van der Waals surface area contributed by atoms with Crippen LogP contribution < -0.4 is 0 Å². The molecule has 76 heavy (non-hydrogen) atoms. The molecule has 8 heteroatoms. The van der Waals surface area contributed by atoms with Crippen molar-refractivity contribution < 1.29 is 0 Å². The van der Waals surface area contributed by atoms with Crippen LogP contribution >= 0.6 is 45.3 Å². The highest BCUT2D eigenvalue weighted by Gasteiger charge is 2.13. The van der Waals surface area contributed by atoms with E-state index in [1.165, 1.54) is 40.3 Å². The Morgan fingerprint density at radius 2 is 0.395 bits per heavy atom. The van der Waals surface area contributed by atoms with E-state index < -0.39 is 0 Å². The quantitative estimate of drug-likeness (QED) is 0.167. The number of thiophene rings is 4. The fraction of sp³-hybridized carbons (Fsp3) is 0. The lowest BCUT2D eigenvalue weighted by molar-refractivity contribution is 1.17. The molecule has 0 atom stereocenters. The first-order chi connectivity index (χ1) is 37.6. The van der Waals surface area contributed by atoms with Gasteiger partial charge >= 0.3 is 0 Å². The van der Waals surface area contributed by atoms with E-state index in [-0.39, 0.29) is 0 Å². The zero-order chi connectivity index (χ0) is 50.1. The van der Waals surface area contributed by atoms with Crippen LogP contribution in [0.5, 0.6) is 0 Å². The van der Waals surface area contributed by atoms with Gasteiger partial charge in [0.1, 0.15) is 20.0 Å². The molecule has 0 radical (unpaired) electrons. The largest absolute Gasteiger partial charge is 0.302 e. The summed E-state index contributed by atoms with van der Waals surface area (Å²) in [5, 5.41) is 14.2. The SMILES string of the molecule is c1ccc2sc(-n3c4ccc(cc4)c4ccc(cc4)n(-c4cc5ccccc5s4)c4cccc(c4)n(-c4cc5ccccc5s4)c4ccc(cc4)c4ccc(cc4)n(-c4cc5ccccc5s4)c4cccc3c4)cc2c1. The van der Waals surface area contributed by atoms with E-state index in [0.29, 0.717) is 0 Å². The highest BCUT2D eigenvalue weighted by molar-refractivity contribution is 7.22. The van der Waals surface area contributed by atoms with E-state index in [1.807, 2.05) is 45.3 Å². The van der Waals surface area contributed by atoms with E-state index in [1.54, 1.807) is 0 Å². The van der Waals surface area contributed by atoms with Crippen LogP contribution in [-0.2, 0) is 0 Å². The van der Waals surface area contributed by atoms with Gasteiger partial charge in [-0.25, -0.2) is 0 Å². The maximum atomic E-state index is 2.42. The van der Waals surface area contributed by atoms with Crippen molar-refractivity contribution in [2.24, 2.45) is 0 Å². The van der Waals surface area contributed by atoms with Gasteiger partial charge in [-0.2, -0.15) is 0 Å². The number of benzene rings is 10. The van der Waals surface area contributed by atoms with Gasteiger partial charge in [0.25, 0.3) is 0 Å². The number of fused-ring (bicyclic) bond motifs is 4. The summed E-state index contributed by atoms with van der Waals surface area (Å²) in [5.74, 6) is 0. The lowest BCUT2D eigenvalue weighted by Gasteiger charge is -2.12. The van der Waals surface area contributed by atoms with Crippen molar-refractivity contribution in [3.63, 3.8) is 0 Å². The van der Waals surface area contributed by atoms with E-state index in [9.17, 15) is 0 Å². The summed E-state index contributed by atoms with van der Waals surface area (Å²) in [6, 6.07) is 98.5. The van der Waals surface area contributed by atoms with Crippen LogP contribution in [0.25, 0.3) is 126 Å². The molecule has 4 nitrogen and oxygen atoms in total. The standard InChI is InChI=1S/C68H44N4S4/c1-5-19-61-49(11-1)39-65(73-61)69-53-31-23-45(24-32-53)46-25-35-55(36-26-46)71(67-41-51-13-3-7-21-63(51)75-67)59-17-10-18-60(44-59)72(68-42-52-14-4-8-22-64(52)76-68)56-37-29-48(30-38-56)47-27-33-54(34-28-47)70(58-16-9-15-57(69)43-58)66-40-50-12-2-6-20-62(50)74-66/h1-44H. The monoisotopic (exact) mass is 1040 g/mol. The molecule has 0 aliphatic carbocycles. The first-order valence-electron chi connectivity index (χ1n) is 25.4. The van der Waals surface area contributed by atoms with Crippen LogP contribution in [0.3, 0.4) is 0 Å². The van der Waals surface area contributed by atoms with Crippen LogP contribution in [0.2, 0.25) is 0 Å². The molecule has 21 rings (SSSR count). The second-order valence-corrected chi connectivity index (χ2v) is 23.3. The molecule has 0 saturated carbocycles. The Balaban J connectivity index is 1.05. The minimum absolute atomic E-state index is 1.08. The number of hydrogen-bond donors (Lipinski definition) is 0. The summed E-state index contributed by atoms with van der Waals surface area (Å²) in [6.45, 7) is 0. The van der Waals surface area contributed by atoms with Gasteiger partial charge in [-0.05, 0) is 177 Å². The molecule has 0 N–H and O–H groups in total. The van der Waals surface area contributed by atoms with Gasteiger partial charge in [-0.1, -0.05) is 133 Å². The van der Waals surface area contributed by atoms with Crippen LogP contribution in [0.15, 0.2) is 267 Å². The molecule has 11 aromatic heterocycles. The summed E-state index contributed by atoms with van der Waals surface area (Å²) in [7, 11) is 0. The van der Waals surface area contributed by atoms with Gasteiger partial charge in [0, 0.05) is 62.9 Å². The van der Waals surface area contributed by atoms with Crippen LogP contribution in [0.1, 0.15) is 0 Å². The van der Waals surface area contributed by atoms with Crippen molar-refractivity contribution in [3.8, 4) is 20.0 Å². The Bertz CT molecular complexity index is 4210. The van der Waals surface area contributed by atoms with E-state index in [0.717, 1.165) is 85.7 Å². The molecule has 0 unspecified atom stereocenters. The summed E-state index contributed by atoms with van der Waals surface area (Å²) >= 11 is 7.28. The maximum absolute atomic E-state index is 2.42. The third-order valence-electron chi connectivity index (χ3n) is 14.4. The average molecular weight is 1050 g/mol. The number of aromatic nitrogens is 4. The highest BCUT2D eigenvalue weighted by Crippen LogP contribution is 2.37. The molecule has 0 aliphatic heterocycles. The fourth-order valence-corrected chi connectivity index (χ4v) is 15.1. The lowest BCUT2D eigenvalue weighted by Crippen LogP contribution is -1.97. The zero-order valence-electron chi connectivity index (χ0n) is 40.8. The molecule has 10 aromatic carbocycles. The zero-order valence-corrected chi connectivity index (χ0v) is 44.1. The summed E-state index contributed by atoms with van der Waals surface area (Å²) in [4.78, 5) is 0. The molecule has 11 heterocycles. The molecule has 360 valence electrons. The molecular formula is C68H44N4S4. The van der Waals surface area contributed by atoms with E-state index in [2.05, 4.69) is 285 Å². The van der Waals surface area contributed by atoms with Gasteiger partial charge in [-0.15, -0.1) is 45.3 Å². The molecule has 0 fully saturated rings. The van der Waals surface area contributed by atoms with Crippen molar-refractivity contribution in [2.45, 2.75) is 0 Å². The van der Waals surface area contributed by atoms with Crippen LogP contribution in [-0.4, -0.2) is 18.3 Å². The molecule has 0 amide bonds.